The summed E-state index contributed by atoms with van der Waals surface area (Å²) in [4.78, 5) is 0. The van der Waals surface area contributed by atoms with Gasteiger partial charge in [0.05, 0.1) is 5.69 Å². The molecule has 0 bridgehead atoms. The fourth-order valence-corrected chi connectivity index (χ4v) is 1.27. The summed E-state index contributed by atoms with van der Waals surface area (Å²) in [5.74, 6) is -1.57. The minimum atomic E-state index is -4.80. The predicted molar refractivity (Wildman–Crippen MR) is 45.4 cm³/mol. The van der Waals surface area contributed by atoms with Crippen LogP contribution in [0.4, 0.5) is 23.2 Å². The monoisotopic (exact) mass is 227 g/mol. The molecule has 0 spiro atoms. The van der Waals surface area contributed by atoms with Crippen molar-refractivity contribution in [3.05, 3.63) is 29.1 Å². The molecule has 0 heterocycles. The first-order valence-corrected chi connectivity index (χ1v) is 4.11. The Morgan fingerprint density at radius 2 is 1.86 bits per heavy atom. The third kappa shape index (κ3) is 1.92. The average Bonchev–Trinajstić information content (AvgIpc) is 2.02. The van der Waals surface area contributed by atoms with Crippen LogP contribution in [0.2, 0.25) is 0 Å². The minimum absolute atomic E-state index is 0.0698. The Balaban J connectivity index is 3.40. The van der Waals surface area contributed by atoms with Gasteiger partial charge in [-0.1, -0.05) is 6.07 Å². The van der Waals surface area contributed by atoms with Crippen molar-refractivity contribution in [2.24, 2.45) is 0 Å². The summed E-state index contributed by atoms with van der Waals surface area (Å²) in [7, 11) is 0. The van der Waals surface area contributed by atoms with Crippen LogP contribution in [0.25, 0.3) is 0 Å². The lowest BCUT2D eigenvalue weighted by Crippen LogP contribution is -2.13. The zero-order chi connectivity index (χ0) is 10.9. The van der Waals surface area contributed by atoms with E-state index in [-0.39, 0.29) is 11.4 Å². The minimum Gasteiger partial charge on any atom is -0.398 e. The van der Waals surface area contributed by atoms with Crippen LogP contribution in [-0.2, 0) is 12.1 Å². The molecule has 0 unspecified atom stereocenters. The second-order valence-electron chi connectivity index (χ2n) is 2.63. The highest BCUT2D eigenvalue weighted by molar-refractivity contribution is 6.17. The first-order chi connectivity index (χ1) is 6.38. The van der Waals surface area contributed by atoms with Gasteiger partial charge in [-0.05, 0) is 11.6 Å². The van der Waals surface area contributed by atoms with Crippen molar-refractivity contribution in [3.63, 3.8) is 0 Å². The normalized spacial score (nSPS) is 11.8. The number of nitrogen functional groups attached to an aromatic ring is 1. The van der Waals surface area contributed by atoms with E-state index in [0.717, 1.165) is 6.07 Å². The molecule has 0 amide bonds. The van der Waals surface area contributed by atoms with Gasteiger partial charge in [0.25, 0.3) is 0 Å². The number of rotatable bonds is 1. The van der Waals surface area contributed by atoms with Gasteiger partial charge in [-0.25, -0.2) is 4.39 Å². The number of halogens is 5. The van der Waals surface area contributed by atoms with E-state index in [9.17, 15) is 17.6 Å². The molecule has 0 fully saturated rings. The Morgan fingerprint density at radius 3 is 2.29 bits per heavy atom. The highest BCUT2D eigenvalue weighted by Crippen LogP contribution is 2.37. The van der Waals surface area contributed by atoms with Crippen molar-refractivity contribution in [3.8, 4) is 0 Å². The van der Waals surface area contributed by atoms with Crippen LogP contribution in [0, 0.1) is 5.82 Å². The first-order valence-electron chi connectivity index (χ1n) is 3.58. The zero-order valence-corrected chi connectivity index (χ0v) is 7.58. The van der Waals surface area contributed by atoms with E-state index in [4.69, 9.17) is 17.3 Å². The van der Waals surface area contributed by atoms with Crippen LogP contribution in [0.1, 0.15) is 11.1 Å². The second-order valence-corrected chi connectivity index (χ2v) is 2.89. The molecule has 1 aromatic rings. The standard InChI is InChI=1S/C8H6ClF4N/c9-3-4-1-2-5(10)6(7(4)14)8(11,12)13/h1-2H,3,14H2. The molecule has 0 radical (unpaired) electrons. The Kier molecular flexibility index (Phi) is 2.89. The molecular formula is C8H6ClF4N. The molecule has 0 aliphatic heterocycles. The fraction of sp³-hybridized carbons (Fsp3) is 0.250. The average molecular weight is 228 g/mol. The van der Waals surface area contributed by atoms with Crippen molar-refractivity contribution in [2.75, 3.05) is 5.73 Å². The topological polar surface area (TPSA) is 26.0 Å². The molecule has 0 saturated carbocycles. The Bertz CT molecular complexity index is 348. The second kappa shape index (κ2) is 3.65. The van der Waals surface area contributed by atoms with E-state index < -0.39 is 23.2 Å². The van der Waals surface area contributed by atoms with E-state index in [1.54, 1.807) is 0 Å². The molecule has 6 heteroatoms. The maximum atomic E-state index is 12.8. The molecule has 0 saturated heterocycles. The molecule has 1 aromatic carbocycles. The third-order valence-corrected chi connectivity index (χ3v) is 2.00. The summed E-state index contributed by atoms with van der Waals surface area (Å²) in [5.41, 5.74) is 3.11. The van der Waals surface area contributed by atoms with E-state index in [1.165, 1.54) is 0 Å². The highest BCUT2D eigenvalue weighted by atomic mass is 35.5. The van der Waals surface area contributed by atoms with E-state index in [2.05, 4.69) is 0 Å². The summed E-state index contributed by atoms with van der Waals surface area (Å²) >= 11 is 5.34. The predicted octanol–water partition coefficient (Wildman–Crippen LogP) is 3.17. The van der Waals surface area contributed by atoms with Crippen molar-refractivity contribution >= 4 is 17.3 Å². The molecule has 0 aliphatic rings. The zero-order valence-electron chi connectivity index (χ0n) is 6.83. The van der Waals surface area contributed by atoms with Crippen molar-refractivity contribution in [1.29, 1.82) is 0 Å². The lowest BCUT2D eigenvalue weighted by Gasteiger charge is -2.13. The maximum absolute atomic E-state index is 12.8. The lowest BCUT2D eigenvalue weighted by molar-refractivity contribution is -0.139. The van der Waals surface area contributed by atoms with Gasteiger partial charge in [-0.3, -0.25) is 0 Å². The van der Waals surface area contributed by atoms with Gasteiger partial charge < -0.3 is 5.73 Å². The molecular weight excluding hydrogens is 222 g/mol. The Morgan fingerprint density at radius 1 is 1.29 bits per heavy atom. The molecule has 2 N–H and O–H groups in total. The highest BCUT2D eigenvalue weighted by Gasteiger charge is 2.37. The van der Waals surface area contributed by atoms with Crippen molar-refractivity contribution in [1.82, 2.24) is 0 Å². The smallest absolute Gasteiger partial charge is 0.398 e. The molecule has 0 aliphatic carbocycles. The first kappa shape index (κ1) is 11.1. The number of benzene rings is 1. The van der Waals surface area contributed by atoms with Crippen LogP contribution in [0.5, 0.6) is 0 Å². The van der Waals surface area contributed by atoms with Crippen molar-refractivity contribution < 1.29 is 17.6 Å². The number of nitrogens with two attached hydrogens (primary N) is 1. The van der Waals surface area contributed by atoms with Crippen molar-refractivity contribution in [2.45, 2.75) is 12.1 Å². The van der Waals surface area contributed by atoms with Gasteiger partial charge in [0.15, 0.2) is 0 Å². The summed E-state index contributed by atoms with van der Waals surface area (Å²) < 4.78 is 49.6. The summed E-state index contributed by atoms with van der Waals surface area (Å²) in [6.45, 7) is 0. The lowest BCUT2D eigenvalue weighted by atomic mass is 10.1. The molecule has 0 atom stereocenters. The van der Waals surface area contributed by atoms with Gasteiger partial charge in [0.1, 0.15) is 11.4 Å². The van der Waals surface area contributed by atoms with Crippen LogP contribution in [0.15, 0.2) is 12.1 Å². The summed E-state index contributed by atoms with van der Waals surface area (Å²) in [5, 5.41) is 0. The Labute approximate surface area is 82.5 Å². The molecule has 1 nitrogen and oxygen atoms in total. The SMILES string of the molecule is Nc1c(CCl)ccc(F)c1C(F)(F)F. The van der Waals surface area contributed by atoms with Gasteiger partial charge >= 0.3 is 6.18 Å². The number of hydrogen-bond donors (Lipinski definition) is 1. The number of hydrogen-bond acceptors (Lipinski definition) is 1. The van der Waals surface area contributed by atoms with Crippen LogP contribution in [-0.4, -0.2) is 0 Å². The summed E-state index contributed by atoms with van der Waals surface area (Å²) in [6, 6.07) is 1.84. The number of anilines is 1. The van der Waals surface area contributed by atoms with Gasteiger partial charge in [-0.2, -0.15) is 13.2 Å². The van der Waals surface area contributed by atoms with E-state index >= 15 is 0 Å². The van der Waals surface area contributed by atoms with E-state index in [1.807, 2.05) is 0 Å². The van der Waals surface area contributed by atoms with Gasteiger partial charge in [0.2, 0.25) is 0 Å². The molecule has 14 heavy (non-hydrogen) atoms. The maximum Gasteiger partial charge on any atom is 0.421 e. The van der Waals surface area contributed by atoms with Crippen LogP contribution >= 0.6 is 11.6 Å². The third-order valence-electron chi connectivity index (χ3n) is 1.71. The number of alkyl halides is 4. The fourth-order valence-electron chi connectivity index (χ4n) is 1.04. The largest absolute Gasteiger partial charge is 0.421 e. The Hall–Kier alpha value is -0.970. The molecule has 78 valence electrons. The molecule has 0 aromatic heterocycles. The van der Waals surface area contributed by atoms with Gasteiger partial charge in [0, 0.05) is 5.88 Å². The quantitative estimate of drug-likeness (QED) is 0.445. The molecule has 1 rings (SSSR count). The van der Waals surface area contributed by atoms with Crippen LogP contribution < -0.4 is 5.73 Å². The van der Waals surface area contributed by atoms with Crippen LogP contribution in [0.3, 0.4) is 0 Å². The summed E-state index contributed by atoms with van der Waals surface area (Å²) in [6.07, 6.45) is -4.80. The van der Waals surface area contributed by atoms with E-state index in [0.29, 0.717) is 6.07 Å². The van der Waals surface area contributed by atoms with Gasteiger partial charge in [-0.15, -0.1) is 11.6 Å².